The average molecular weight is 427 g/mol. The van der Waals surface area contributed by atoms with Crippen molar-refractivity contribution in [1.29, 1.82) is 0 Å². The van der Waals surface area contributed by atoms with E-state index in [2.05, 4.69) is 19.2 Å². The monoisotopic (exact) mass is 426 g/mol. The highest BCUT2D eigenvalue weighted by Gasteiger charge is 2.45. The molecule has 2 rings (SSSR count). The Hall–Kier alpha value is -1.55. The van der Waals surface area contributed by atoms with Gasteiger partial charge in [0.2, 0.25) is 6.29 Å². The molecule has 1 heterocycles. The average Bonchev–Trinajstić information content (AvgIpc) is 2.67. The van der Waals surface area contributed by atoms with Crippen LogP contribution in [0.25, 0.3) is 0 Å². The molecular weight excluding hydrogens is 396 g/mol. The lowest BCUT2D eigenvalue weighted by molar-refractivity contribution is -0.290. The van der Waals surface area contributed by atoms with Crippen LogP contribution in [0.2, 0.25) is 0 Å². The van der Waals surface area contributed by atoms with Gasteiger partial charge in [0.1, 0.15) is 35.9 Å². The van der Waals surface area contributed by atoms with Gasteiger partial charge in [0.25, 0.3) is 0 Å². The summed E-state index contributed by atoms with van der Waals surface area (Å²) in [6.45, 7) is 9.21. The number of phenols is 1. The van der Waals surface area contributed by atoms with Gasteiger partial charge in [-0.05, 0) is 41.0 Å². The van der Waals surface area contributed by atoms with Gasteiger partial charge in [0, 0.05) is 12.0 Å². The number of aliphatic hydroxyl groups is 4. The fraction of sp³-hybridized carbons (Fsp3) is 0.524. The number of aliphatic hydroxyl groups excluding tert-OH is 4. The van der Waals surface area contributed by atoms with Crippen molar-refractivity contribution in [3.8, 4) is 5.75 Å². The molecule has 5 N–H and O–H groups in total. The molecule has 0 aromatic heterocycles. The van der Waals surface area contributed by atoms with Gasteiger partial charge in [-0.1, -0.05) is 26.5 Å². The molecule has 1 aliphatic heterocycles. The fourth-order valence-corrected chi connectivity index (χ4v) is 3.33. The highest BCUT2D eigenvalue weighted by atomic mass is 32.1. The van der Waals surface area contributed by atoms with Crippen LogP contribution in [0.4, 0.5) is 0 Å². The van der Waals surface area contributed by atoms with E-state index >= 15 is 0 Å². The molecule has 1 saturated heterocycles. The maximum absolute atomic E-state index is 10.2. The van der Waals surface area contributed by atoms with Crippen molar-refractivity contribution in [1.82, 2.24) is 0 Å². The molecule has 162 valence electrons. The van der Waals surface area contributed by atoms with Crippen LogP contribution in [0.3, 0.4) is 0 Å². The molecule has 1 fully saturated rings. The Bertz CT molecular complexity index is 759. The number of ether oxygens (including phenoxy) is 2. The molecule has 7 nitrogen and oxygen atoms in total. The first-order chi connectivity index (χ1) is 13.6. The van der Waals surface area contributed by atoms with Gasteiger partial charge in [-0.3, -0.25) is 0 Å². The first-order valence-corrected chi connectivity index (χ1v) is 9.88. The number of allylic oxidation sites excluding steroid dienone is 2. The molecule has 0 amide bonds. The van der Waals surface area contributed by atoms with Gasteiger partial charge in [0.15, 0.2) is 0 Å². The van der Waals surface area contributed by atoms with Crippen molar-refractivity contribution in [2.75, 3.05) is 6.61 Å². The van der Waals surface area contributed by atoms with E-state index in [4.69, 9.17) is 9.47 Å². The minimum atomic E-state index is -1.54. The minimum Gasteiger partial charge on any atom is -0.508 e. The lowest BCUT2D eigenvalue weighted by Gasteiger charge is -2.40. The Morgan fingerprint density at radius 3 is 2.41 bits per heavy atom. The highest BCUT2D eigenvalue weighted by molar-refractivity contribution is 7.84. The van der Waals surface area contributed by atoms with Crippen LogP contribution in [0.5, 0.6) is 5.75 Å². The molecule has 29 heavy (non-hydrogen) atoms. The third kappa shape index (κ3) is 5.53. The Balaban J connectivity index is 2.27. The van der Waals surface area contributed by atoms with Gasteiger partial charge in [-0.2, -0.15) is 0 Å². The topological polar surface area (TPSA) is 120 Å². The molecule has 0 bridgehead atoms. The molecule has 1 aromatic carbocycles. The van der Waals surface area contributed by atoms with Gasteiger partial charge in [-0.25, -0.2) is 0 Å². The number of hydrogen-bond acceptors (Lipinski definition) is 8. The maximum Gasteiger partial charge on any atom is 0.229 e. The molecule has 4 unspecified atom stereocenters. The van der Waals surface area contributed by atoms with Gasteiger partial charge >= 0.3 is 0 Å². The van der Waals surface area contributed by atoms with E-state index in [9.17, 15) is 25.5 Å². The number of rotatable bonds is 7. The third-order valence-corrected chi connectivity index (χ3v) is 5.78. The Morgan fingerprint density at radius 2 is 1.86 bits per heavy atom. The van der Waals surface area contributed by atoms with Crippen molar-refractivity contribution in [2.24, 2.45) is 5.92 Å². The van der Waals surface area contributed by atoms with Gasteiger partial charge in [0.05, 0.1) is 6.61 Å². The van der Waals surface area contributed by atoms with Gasteiger partial charge in [-0.15, -0.1) is 12.6 Å². The number of hydrogen-bond donors (Lipinski definition) is 6. The zero-order valence-electron chi connectivity index (χ0n) is 16.8. The van der Waals surface area contributed by atoms with Crippen molar-refractivity contribution in [3.63, 3.8) is 0 Å². The van der Waals surface area contributed by atoms with E-state index in [1.165, 1.54) is 0 Å². The third-order valence-electron chi connectivity index (χ3n) is 4.99. The predicted octanol–water partition coefficient (Wildman–Crippen LogP) is 1.41. The smallest absolute Gasteiger partial charge is 0.229 e. The zero-order valence-corrected chi connectivity index (χ0v) is 17.7. The molecule has 0 saturated carbocycles. The number of aryl methyl sites for hydroxylation is 1. The molecule has 1 aliphatic rings. The van der Waals surface area contributed by atoms with Gasteiger partial charge < -0.3 is 35.0 Å². The van der Waals surface area contributed by atoms with Crippen molar-refractivity contribution >= 4 is 12.6 Å². The summed E-state index contributed by atoms with van der Waals surface area (Å²) in [6.07, 6.45) is -6.50. The lowest BCUT2D eigenvalue weighted by atomic mass is 9.96. The molecule has 1 aromatic rings. The van der Waals surface area contributed by atoms with Crippen LogP contribution < -0.4 is 0 Å². The standard InChI is InChI=1S/C21H30O7S/c1-10(2)20(29)15(8-13-5-6-14(23)7-11(13)3)12(4)27-21-19(26)18(25)17(24)16(9-22)28-21/h5-7,10,16-19,21-26,29H,4,8-9H2,1-3H3/b20-15-/t16?,17?,18?,19-,21?/m1/s1. The van der Waals surface area contributed by atoms with E-state index < -0.39 is 37.3 Å². The van der Waals surface area contributed by atoms with Crippen LogP contribution in [0, 0.1) is 12.8 Å². The number of benzene rings is 1. The molecular formula is C21H30O7S. The Morgan fingerprint density at radius 1 is 1.21 bits per heavy atom. The minimum absolute atomic E-state index is 0.0703. The van der Waals surface area contributed by atoms with Crippen LogP contribution in [0.1, 0.15) is 25.0 Å². The highest BCUT2D eigenvalue weighted by Crippen LogP contribution is 2.32. The lowest BCUT2D eigenvalue weighted by Crippen LogP contribution is -2.59. The largest absolute Gasteiger partial charge is 0.508 e. The van der Waals surface area contributed by atoms with Crippen LogP contribution >= 0.6 is 12.6 Å². The Labute approximate surface area is 176 Å². The molecule has 0 spiro atoms. The van der Waals surface area contributed by atoms with Crippen molar-refractivity contribution in [3.05, 3.63) is 52.1 Å². The summed E-state index contributed by atoms with van der Waals surface area (Å²) in [6, 6.07) is 5.05. The Kier molecular flexibility index (Phi) is 8.16. The number of phenolic OH excluding ortho intramolecular Hbond substituents is 1. The zero-order chi connectivity index (χ0) is 21.9. The first-order valence-electron chi connectivity index (χ1n) is 9.43. The second-order valence-electron chi connectivity index (χ2n) is 7.54. The van der Waals surface area contributed by atoms with E-state index in [1.54, 1.807) is 18.2 Å². The van der Waals surface area contributed by atoms with E-state index in [-0.39, 0.29) is 17.4 Å². The van der Waals surface area contributed by atoms with E-state index in [0.717, 1.165) is 16.0 Å². The molecule has 5 atom stereocenters. The molecule has 0 radical (unpaired) electrons. The van der Waals surface area contributed by atoms with Crippen LogP contribution in [-0.4, -0.2) is 62.8 Å². The van der Waals surface area contributed by atoms with Crippen LogP contribution in [-0.2, 0) is 15.9 Å². The number of aromatic hydroxyl groups is 1. The predicted molar refractivity (Wildman–Crippen MR) is 111 cm³/mol. The quantitative estimate of drug-likeness (QED) is 0.222. The second kappa shape index (κ2) is 9.97. The van der Waals surface area contributed by atoms with E-state index in [0.29, 0.717) is 12.0 Å². The van der Waals surface area contributed by atoms with Crippen molar-refractivity contribution < 1.29 is 35.0 Å². The molecule has 8 heteroatoms. The summed E-state index contributed by atoms with van der Waals surface area (Å²) in [7, 11) is 0. The van der Waals surface area contributed by atoms with E-state index in [1.807, 2.05) is 20.8 Å². The van der Waals surface area contributed by atoms with Crippen LogP contribution in [0.15, 0.2) is 41.0 Å². The summed E-state index contributed by atoms with van der Waals surface area (Å²) >= 11 is 4.61. The summed E-state index contributed by atoms with van der Waals surface area (Å²) < 4.78 is 11.1. The SMILES string of the molecule is C=C(OC1OC(CO)C(O)C(O)[C@H]1O)/C(Cc1ccc(O)cc1C)=C(\S)C(C)C. The summed E-state index contributed by atoms with van der Waals surface area (Å²) in [5, 5.41) is 49.1. The normalized spacial score (nSPS) is 28.2. The number of thiol groups is 1. The van der Waals surface area contributed by atoms with Crippen molar-refractivity contribution in [2.45, 2.75) is 57.9 Å². The summed E-state index contributed by atoms with van der Waals surface area (Å²) in [5.41, 5.74) is 2.49. The summed E-state index contributed by atoms with van der Waals surface area (Å²) in [5.74, 6) is 0.435. The fourth-order valence-electron chi connectivity index (χ4n) is 3.13. The maximum atomic E-state index is 10.2. The molecule has 0 aliphatic carbocycles. The second-order valence-corrected chi connectivity index (χ2v) is 8.03. The summed E-state index contributed by atoms with van der Waals surface area (Å²) in [4.78, 5) is 0.729. The first kappa shape index (κ1) is 23.7.